The summed E-state index contributed by atoms with van der Waals surface area (Å²) in [6.07, 6.45) is 0. The summed E-state index contributed by atoms with van der Waals surface area (Å²) in [5.74, 6) is -1.11. The predicted molar refractivity (Wildman–Crippen MR) is 48.9 cm³/mol. The first kappa shape index (κ1) is 14.5. The molecule has 0 radical (unpaired) electrons. The van der Waals surface area contributed by atoms with Gasteiger partial charge in [0.15, 0.2) is 0 Å². The Hall–Kier alpha value is -0.0738. The molecule has 0 bridgehead atoms. The Kier molecular flexibility index (Phi) is 6.68. The van der Waals surface area contributed by atoms with Gasteiger partial charge in [-0.15, -0.1) is 0 Å². The summed E-state index contributed by atoms with van der Waals surface area (Å²) >= 11 is 0. The van der Waals surface area contributed by atoms with Crippen molar-refractivity contribution in [3.63, 3.8) is 0 Å². The van der Waals surface area contributed by atoms with Gasteiger partial charge in [0.05, 0.1) is 5.75 Å². The van der Waals surface area contributed by atoms with Crippen LogP contribution >= 0.6 is 0 Å². The second kappa shape index (κ2) is 5.55. The van der Waals surface area contributed by atoms with Gasteiger partial charge in [-0.25, -0.2) is 4.79 Å². The second-order valence-corrected chi connectivity index (χ2v) is 3.86. The van der Waals surface area contributed by atoms with Crippen LogP contribution in [0, 0.1) is 0 Å². The lowest BCUT2D eigenvalue weighted by Crippen LogP contribution is -2.14. The van der Waals surface area contributed by atoms with Gasteiger partial charge in [-0.2, -0.15) is 8.42 Å². The van der Waals surface area contributed by atoms with Crippen LogP contribution in [0.1, 0.15) is 13.8 Å². The zero-order chi connectivity index (χ0) is 9.07. The lowest BCUT2D eigenvalue weighted by Gasteiger charge is -2.00. The van der Waals surface area contributed by atoms with Gasteiger partial charge in [-0.3, -0.25) is 0 Å². The summed E-state index contributed by atoms with van der Waals surface area (Å²) in [5, 5.41) is 0. The summed E-state index contributed by atoms with van der Waals surface area (Å²) in [7, 11) is -3.67. The molecule has 12 heavy (non-hydrogen) atoms. The Balaban J connectivity index is 0. The van der Waals surface area contributed by atoms with E-state index in [-0.39, 0.29) is 34.4 Å². The molecule has 0 amide bonds. The lowest BCUT2D eigenvalue weighted by atomic mass is 10.4. The normalized spacial score (nSPS) is 9.83. The van der Waals surface area contributed by atoms with Gasteiger partial charge in [0, 0.05) is 5.57 Å². The van der Waals surface area contributed by atoms with Crippen LogP contribution in [0.3, 0.4) is 0 Å². The highest BCUT2D eigenvalue weighted by Gasteiger charge is 2.14. The van der Waals surface area contributed by atoms with Crippen molar-refractivity contribution in [2.75, 3.05) is 5.75 Å². The van der Waals surface area contributed by atoms with Gasteiger partial charge in [0.2, 0.25) is 0 Å². The molecule has 4 nitrogen and oxygen atoms in total. The molecule has 0 aromatic carbocycles. The van der Waals surface area contributed by atoms with Crippen LogP contribution in [-0.4, -0.2) is 43.2 Å². The predicted octanol–water partition coefficient (Wildman–Crippen LogP) is -0.461. The molecule has 0 N–H and O–H groups in total. The van der Waals surface area contributed by atoms with Crippen LogP contribution in [0.4, 0.5) is 0 Å². The maximum Gasteiger partial charge on any atom is 0.348 e. The molecule has 68 valence electrons. The van der Waals surface area contributed by atoms with E-state index in [0.717, 1.165) is 0 Å². The van der Waals surface area contributed by atoms with Crippen molar-refractivity contribution < 1.29 is 17.4 Å². The standard InChI is InChI=1S/C6H10O4S.Mg.2H/c1-4-11(8,9)10-6(7)5(2)3;;;/h2,4H2,1,3H3;;;. The summed E-state index contributed by atoms with van der Waals surface area (Å²) in [6, 6.07) is 0. The third-order valence-electron chi connectivity index (χ3n) is 0.905. The largest absolute Gasteiger partial charge is 0.348 e. The van der Waals surface area contributed by atoms with Gasteiger partial charge in [-0.1, -0.05) is 6.58 Å². The maximum atomic E-state index is 10.6. The average Bonchev–Trinajstić information content (AvgIpc) is 1.87. The van der Waals surface area contributed by atoms with E-state index >= 15 is 0 Å². The molecular weight excluding hydrogens is 192 g/mol. The Morgan fingerprint density at radius 2 is 1.92 bits per heavy atom. The van der Waals surface area contributed by atoms with Crippen LogP contribution < -0.4 is 0 Å². The molecule has 6 heteroatoms. The summed E-state index contributed by atoms with van der Waals surface area (Å²) in [5.41, 5.74) is 0.0713. The van der Waals surface area contributed by atoms with Gasteiger partial charge in [0.1, 0.15) is 0 Å². The maximum absolute atomic E-state index is 10.6. The van der Waals surface area contributed by atoms with E-state index < -0.39 is 16.1 Å². The van der Waals surface area contributed by atoms with E-state index in [4.69, 9.17) is 0 Å². The van der Waals surface area contributed by atoms with Crippen LogP contribution in [0.2, 0.25) is 0 Å². The van der Waals surface area contributed by atoms with E-state index in [0.29, 0.717) is 0 Å². The number of hydrogen-bond acceptors (Lipinski definition) is 4. The molecule has 0 heterocycles. The highest BCUT2D eigenvalue weighted by atomic mass is 32.2. The smallest absolute Gasteiger partial charge is 0.342 e. The van der Waals surface area contributed by atoms with Crippen LogP contribution in [0.5, 0.6) is 0 Å². The van der Waals surface area contributed by atoms with E-state index in [1.807, 2.05) is 0 Å². The second-order valence-electron chi connectivity index (χ2n) is 2.00. The average molecular weight is 205 g/mol. The first-order valence-electron chi connectivity index (χ1n) is 3.01. The van der Waals surface area contributed by atoms with E-state index in [2.05, 4.69) is 10.8 Å². The minimum Gasteiger partial charge on any atom is -0.342 e. The fraction of sp³-hybridized carbons (Fsp3) is 0.500. The van der Waals surface area contributed by atoms with E-state index in [1.54, 1.807) is 0 Å². The first-order chi connectivity index (χ1) is 4.89. The molecule has 0 rings (SSSR count). The fourth-order valence-corrected chi connectivity index (χ4v) is 0.736. The zero-order valence-electron chi connectivity index (χ0n) is 6.46. The third kappa shape index (κ3) is 5.56. The quantitative estimate of drug-likeness (QED) is 0.355. The van der Waals surface area contributed by atoms with E-state index in [1.165, 1.54) is 13.8 Å². The molecule has 0 aromatic heterocycles. The van der Waals surface area contributed by atoms with Gasteiger partial charge in [-0.05, 0) is 13.8 Å². The minimum atomic E-state index is -3.67. The van der Waals surface area contributed by atoms with Gasteiger partial charge in [0.25, 0.3) is 0 Å². The van der Waals surface area contributed by atoms with Crippen molar-refractivity contribution in [1.29, 1.82) is 0 Å². The Labute approximate surface area is 88.3 Å². The number of rotatable bonds is 3. The SMILES string of the molecule is C=C(C)C(=O)OS(=O)(=O)CC.[MgH2]. The van der Waals surface area contributed by atoms with Gasteiger partial charge >= 0.3 is 39.1 Å². The lowest BCUT2D eigenvalue weighted by molar-refractivity contribution is -0.129. The summed E-state index contributed by atoms with van der Waals surface area (Å²) < 4.78 is 25.3. The zero-order valence-corrected chi connectivity index (χ0v) is 7.27. The van der Waals surface area contributed by atoms with Crippen molar-refractivity contribution in [3.05, 3.63) is 12.2 Å². The molecule has 0 aliphatic carbocycles. The monoisotopic (exact) mass is 204 g/mol. The minimum absolute atomic E-state index is 0. The Morgan fingerprint density at radius 1 is 1.50 bits per heavy atom. The fourth-order valence-electron chi connectivity index (χ4n) is 0.245. The molecule has 0 aliphatic heterocycles. The van der Waals surface area contributed by atoms with Crippen molar-refractivity contribution in [2.45, 2.75) is 13.8 Å². The van der Waals surface area contributed by atoms with Crippen molar-refractivity contribution in [2.24, 2.45) is 0 Å². The molecule has 0 aromatic rings. The summed E-state index contributed by atoms with van der Waals surface area (Å²) in [4.78, 5) is 10.6. The first-order valence-corrected chi connectivity index (χ1v) is 4.58. The topological polar surface area (TPSA) is 60.4 Å². The highest BCUT2D eigenvalue weighted by molar-refractivity contribution is 7.87. The van der Waals surface area contributed by atoms with Crippen molar-refractivity contribution in [3.8, 4) is 0 Å². The molecule has 0 aliphatic rings. The molecule has 0 unspecified atom stereocenters. The number of hydrogen-bond donors (Lipinski definition) is 0. The number of carbonyl (C=O) groups excluding carboxylic acids is 1. The third-order valence-corrected chi connectivity index (χ3v) is 2.02. The van der Waals surface area contributed by atoms with Crippen molar-refractivity contribution >= 4 is 39.1 Å². The molecule has 0 saturated carbocycles. The van der Waals surface area contributed by atoms with Gasteiger partial charge < -0.3 is 4.18 Å². The van der Waals surface area contributed by atoms with E-state index in [9.17, 15) is 13.2 Å². The highest BCUT2D eigenvalue weighted by Crippen LogP contribution is 1.98. The molecular formula is C6H12MgO4S. The van der Waals surface area contributed by atoms with Crippen LogP contribution in [0.15, 0.2) is 12.2 Å². The van der Waals surface area contributed by atoms with Crippen LogP contribution in [0.25, 0.3) is 0 Å². The molecule has 0 saturated heterocycles. The molecule has 0 spiro atoms. The van der Waals surface area contributed by atoms with Crippen LogP contribution in [-0.2, 0) is 19.1 Å². The Morgan fingerprint density at radius 3 is 2.17 bits per heavy atom. The number of carbonyl (C=O) groups is 1. The molecule has 0 fully saturated rings. The summed E-state index contributed by atoms with van der Waals surface area (Å²) in [6.45, 7) is 6.01. The Bertz CT molecular complexity index is 267. The molecule has 0 atom stereocenters. The van der Waals surface area contributed by atoms with Crippen molar-refractivity contribution in [1.82, 2.24) is 0 Å².